The zero-order valence-electron chi connectivity index (χ0n) is 10.7. The number of hydrogen-bond donors (Lipinski definition) is 2. The maximum Gasteiger partial charge on any atom is 0.0590 e. The number of piperidine rings is 1. The molecule has 0 bridgehead atoms. The highest BCUT2D eigenvalue weighted by Crippen LogP contribution is 2.30. The summed E-state index contributed by atoms with van der Waals surface area (Å²) in [4.78, 5) is 2.39. The van der Waals surface area contributed by atoms with Gasteiger partial charge in [-0.25, -0.2) is 0 Å². The van der Waals surface area contributed by atoms with Crippen LogP contribution in [0.5, 0.6) is 0 Å². The number of rotatable bonds is 3. The van der Waals surface area contributed by atoms with Crippen molar-refractivity contribution in [3.8, 4) is 0 Å². The van der Waals surface area contributed by atoms with Gasteiger partial charge in [-0.05, 0) is 24.0 Å². The number of likely N-dealkylation sites (tertiary alicyclic amines) is 1. The fraction of sp³-hybridized carbons (Fsp3) is 0.571. The van der Waals surface area contributed by atoms with Crippen LogP contribution in [0.1, 0.15) is 24.9 Å². The molecule has 100 valence electrons. The summed E-state index contributed by atoms with van der Waals surface area (Å²) in [5.74, 6) is 0.315. The molecular weight excluding hydrogens is 292 g/mol. The molecule has 0 radical (unpaired) electrons. The van der Waals surface area contributed by atoms with Gasteiger partial charge in [0, 0.05) is 30.1 Å². The Hall–Kier alpha value is -0.420. The average Bonchev–Trinajstić information content (AvgIpc) is 2.37. The SMILES string of the molecule is CC1CN(C(CN)c2ccccc2Br)CCC1O. The lowest BCUT2D eigenvalue weighted by atomic mass is 9.94. The van der Waals surface area contributed by atoms with Crippen molar-refractivity contribution in [2.45, 2.75) is 25.5 Å². The predicted octanol–water partition coefficient (Wildman–Crippen LogP) is 2.15. The molecule has 1 aromatic rings. The quantitative estimate of drug-likeness (QED) is 0.899. The zero-order chi connectivity index (χ0) is 13.1. The van der Waals surface area contributed by atoms with E-state index in [1.807, 2.05) is 12.1 Å². The third-order valence-electron chi connectivity index (χ3n) is 3.82. The van der Waals surface area contributed by atoms with E-state index in [2.05, 4.69) is 39.9 Å². The smallest absolute Gasteiger partial charge is 0.0590 e. The number of benzene rings is 1. The number of hydrogen-bond acceptors (Lipinski definition) is 3. The molecule has 1 aromatic carbocycles. The van der Waals surface area contributed by atoms with E-state index in [0.29, 0.717) is 12.5 Å². The second-order valence-electron chi connectivity index (χ2n) is 5.10. The highest BCUT2D eigenvalue weighted by atomic mass is 79.9. The fourth-order valence-electron chi connectivity index (χ4n) is 2.67. The van der Waals surface area contributed by atoms with E-state index in [1.54, 1.807) is 0 Å². The van der Waals surface area contributed by atoms with Gasteiger partial charge in [-0.2, -0.15) is 0 Å². The third kappa shape index (κ3) is 2.94. The van der Waals surface area contributed by atoms with E-state index in [4.69, 9.17) is 5.73 Å². The first-order valence-corrected chi connectivity index (χ1v) is 7.29. The van der Waals surface area contributed by atoms with Gasteiger partial charge < -0.3 is 10.8 Å². The van der Waals surface area contributed by atoms with Crippen LogP contribution in [0.4, 0.5) is 0 Å². The molecule has 3 nitrogen and oxygen atoms in total. The Labute approximate surface area is 117 Å². The summed E-state index contributed by atoms with van der Waals surface area (Å²) in [5, 5.41) is 9.81. The lowest BCUT2D eigenvalue weighted by Gasteiger charge is -2.39. The zero-order valence-corrected chi connectivity index (χ0v) is 12.3. The summed E-state index contributed by atoms with van der Waals surface area (Å²) in [6.07, 6.45) is 0.668. The monoisotopic (exact) mass is 312 g/mol. The summed E-state index contributed by atoms with van der Waals surface area (Å²) in [6.45, 7) is 4.52. The van der Waals surface area contributed by atoms with Gasteiger partial charge in [-0.15, -0.1) is 0 Å². The number of nitrogens with two attached hydrogens (primary N) is 1. The van der Waals surface area contributed by atoms with E-state index in [0.717, 1.165) is 24.0 Å². The van der Waals surface area contributed by atoms with Crippen LogP contribution in [-0.4, -0.2) is 35.7 Å². The number of halogens is 1. The molecule has 1 aliphatic rings. The maximum atomic E-state index is 9.81. The molecule has 1 saturated heterocycles. The lowest BCUT2D eigenvalue weighted by molar-refractivity contribution is 0.0180. The van der Waals surface area contributed by atoms with Crippen LogP contribution in [0.3, 0.4) is 0 Å². The van der Waals surface area contributed by atoms with E-state index in [1.165, 1.54) is 5.56 Å². The molecular formula is C14H21BrN2O. The van der Waals surface area contributed by atoms with Crippen molar-refractivity contribution in [2.75, 3.05) is 19.6 Å². The molecule has 4 heteroatoms. The Morgan fingerprint density at radius 2 is 2.22 bits per heavy atom. The fourth-order valence-corrected chi connectivity index (χ4v) is 3.22. The van der Waals surface area contributed by atoms with Crippen LogP contribution < -0.4 is 5.73 Å². The molecule has 0 spiro atoms. The first-order chi connectivity index (χ1) is 8.63. The average molecular weight is 313 g/mol. The normalized spacial score (nSPS) is 27.1. The molecule has 0 amide bonds. The molecule has 2 rings (SSSR count). The largest absolute Gasteiger partial charge is 0.393 e. The van der Waals surface area contributed by atoms with E-state index >= 15 is 0 Å². The molecule has 0 saturated carbocycles. The molecule has 18 heavy (non-hydrogen) atoms. The second-order valence-corrected chi connectivity index (χ2v) is 5.96. The minimum absolute atomic E-state index is 0.168. The van der Waals surface area contributed by atoms with Crippen LogP contribution >= 0.6 is 15.9 Å². The van der Waals surface area contributed by atoms with E-state index < -0.39 is 0 Å². The van der Waals surface area contributed by atoms with Crippen molar-refractivity contribution in [3.05, 3.63) is 34.3 Å². The van der Waals surface area contributed by atoms with Gasteiger partial charge in [0.15, 0.2) is 0 Å². The number of aliphatic hydroxyl groups excluding tert-OH is 1. The topological polar surface area (TPSA) is 49.5 Å². The molecule has 1 aliphatic heterocycles. The van der Waals surface area contributed by atoms with Crippen molar-refractivity contribution < 1.29 is 5.11 Å². The van der Waals surface area contributed by atoms with Gasteiger partial charge in [0.2, 0.25) is 0 Å². The predicted molar refractivity (Wildman–Crippen MR) is 77.3 cm³/mol. The highest BCUT2D eigenvalue weighted by molar-refractivity contribution is 9.10. The first-order valence-electron chi connectivity index (χ1n) is 6.50. The molecule has 1 heterocycles. The summed E-state index contributed by atoms with van der Waals surface area (Å²) in [5.41, 5.74) is 7.20. The van der Waals surface area contributed by atoms with Crippen LogP contribution in [0.15, 0.2) is 28.7 Å². The van der Waals surface area contributed by atoms with E-state index in [-0.39, 0.29) is 12.1 Å². The van der Waals surface area contributed by atoms with Gasteiger partial charge in [-0.3, -0.25) is 4.90 Å². The second kappa shape index (κ2) is 6.15. The van der Waals surface area contributed by atoms with Crippen molar-refractivity contribution >= 4 is 15.9 Å². The van der Waals surface area contributed by atoms with Crippen molar-refractivity contribution in [2.24, 2.45) is 11.7 Å². The van der Waals surface area contributed by atoms with Gasteiger partial charge in [0.1, 0.15) is 0 Å². The molecule has 0 aromatic heterocycles. The Morgan fingerprint density at radius 1 is 1.50 bits per heavy atom. The minimum atomic E-state index is -0.168. The van der Waals surface area contributed by atoms with Gasteiger partial charge in [0.25, 0.3) is 0 Å². The van der Waals surface area contributed by atoms with Crippen LogP contribution in [0.2, 0.25) is 0 Å². The van der Waals surface area contributed by atoms with Crippen LogP contribution in [0.25, 0.3) is 0 Å². The van der Waals surface area contributed by atoms with Crippen LogP contribution in [0, 0.1) is 5.92 Å². The van der Waals surface area contributed by atoms with Gasteiger partial charge in [0.05, 0.1) is 6.10 Å². The Morgan fingerprint density at radius 3 is 2.83 bits per heavy atom. The van der Waals surface area contributed by atoms with Crippen molar-refractivity contribution in [1.29, 1.82) is 0 Å². The molecule has 3 unspecified atom stereocenters. The number of nitrogens with zero attached hydrogens (tertiary/aromatic N) is 1. The summed E-state index contributed by atoms with van der Waals surface area (Å²) >= 11 is 3.60. The minimum Gasteiger partial charge on any atom is -0.393 e. The Balaban J connectivity index is 2.17. The maximum absolute atomic E-state index is 9.81. The molecule has 3 N–H and O–H groups in total. The summed E-state index contributed by atoms with van der Waals surface area (Å²) < 4.78 is 1.11. The summed E-state index contributed by atoms with van der Waals surface area (Å²) in [7, 11) is 0. The molecule has 3 atom stereocenters. The summed E-state index contributed by atoms with van der Waals surface area (Å²) in [6, 6.07) is 8.47. The number of aliphatic hydroxyl groups is 1. The van der Waals surface area contributed by atoms with Gasteiger partial charge in [-0.1, -0.05) is 41.1 Å². The third-order valence-corrected chi connectivity index (χ3v) is 4.54. The molecule has 0 aliphatic carbocycles. The Kier molecular flexibility index (Phi) is 4.78. The highest BCUT2D eigenvalue weighted by Gasteiger charge is 2.29. The van der Waals surface area contributed by atoms with Crippen molar-refractivity contribution in [1.82, 2.24) is 4.90 Å². The van der Waals surface area contributed by atoms with Gasteiger partial charge >= 0.3 is 0 Å². The van der Waals surface area contributed by atoms with E-state index in [9.17, 15) is 5.11 Å². The van der Waals surface area contributed by atoms with Crippen molar-refractivity contribution in [3.63, 3.8) is 0 Å². The Bertz CT molecular complexity index is 399. The molecule has 1 fully saturated rings. The van der Waals surface area contributed by atoms with Crippen LogP contribution in [-0.2, 0) is 0 Å². The lowest BCUT2D eigenvalue weighted by Crippen LogP contribution is -2.45. The first kappa shape index (κ1) is 14.0. The standard InChI is InChI=1S/C14H21BrN2O/c1-10-9-17(7-6-14(10)18)13(8-16)11-4-2-3-5-12(11)15/h2-5,10,13-14,18H,6-9,16H2,1H3.